The zero-order valence-electron chi connectivity index (χ0n) is 18.9. The number of rotatable bonds is 12. The maximum Gasteiger partial charge on any atom is 0.420 e. The molecule has 0 saturated carbocycles. The first-order chi connectivity index (χ1) is 16.3. The molecule has 2 heterocycles. The number of alkyl halides is 3. The van der Waals surface area contributed by atoms with Crippen LogP contribution in [0.1, 0.15) is 51.0 Å². The summed E-state index contributed by atoms with van der Waals surface area (Å²) in [6.45, 7) is 2.34. The van der Waals surface area contributed by atoms with Crippen molar-refractivity contribution in [1.82, 2.24) is 15.0 Å². The molecule has 34 heavy (non-hydrogen) atoms. The molecule has 0 spiro atoms. The molecule has 0 bridgehead atoms. The van der Waals surface area contributed by atoms with Gasteiger partial charge >= 0.3 is 12.2 Å². The standard InChI is InChI=1S/C23H26F4N4O2S/c1-3-4-5-6-7-8-11-33-18-10-9-16(12-17(18)23(25,26)27)30-22-31-19(20(24)34-22)15-13-28-21(32-2)29-14-15/h9-10,12-14H,3-8,11H2,1-2H3,(H,30,31). The van der Waals surface area contributed by atoms with E-state index in [0.717, 1.165) is 38.2 Å². The van der Waals surface area contributed by atoms with Crippen molar-refractivity contribution in [2.24, 2.45) is 0 Å². The Hall–Kier alpha value is -2.95. The summed E-state index contributed by atoms with van der Waals surface area (Å²) in [5.74, 6) is -0.229. The number of nitrogens with one attached hydrogen (secondary N) is 1. The molecule has 0 unspecified atom stereocenters. The molecule has 3 rings (SSSR count). The molecular formula is C23H26F4N4O2S. The van der Waals surface area contributed by atoms with E-state index in [2.05, 4.69) is 27.2 Å². The first-order valence-electron chi connectivity index (χ1n) is 11.0. The van der Waals surface area contributed by atoms with Crippen LogP contribution in [0.15, 0.2) is 30.6 Å². The van der Waals surface area contributed by atoms with Gasteiger partial charge in [-0.05, 0) is 24.6 Å². The Morgan fingerprint density at radius 1 is 1.03 bits per heavy atom. The van der Waals surface area contributed by atoms with Crippen LogP contribution in [0.25, 0.3) is 11.3 Å². The Labute approximate surface area is 199 Å². The highest BCUT2D eigenvalue weighted by Gasteiger charge is 2.35. The highest BCUT2D eigenvalue weighted by Crippen LogP contribution is 2.39. The average Bonchev–Trinajstić information content (AvgIpc) is 3.18. The van der Waals surface area contributed by atoms with E-state index < -0.39 is 16.9 Å². The maximum absolute atomic E-state index is 14.4. The van der Waals surface area contributed by atoms with Gasteiger partial charge in [-0.3, -0.25) is 0 Å². The Morgan fingerprint density at radius 3 is 2.41 bits per heavy atom. The van der Waals surface area contributed by atoms with Crippen molar-refractivity contribution in [2.45, 2.75) is 51.6 Å². The van der Waals surface area contributed by atoms with Crippen molar-refractivity contribution < 1.29 is 27.0 Å². The van der Waals surface area contributed by atoms with Crippen molar-refractivity contribution in [3.05, 3.63) is 41.3 Å². The van der Waals surface area contributed by atoms with Crippen molar-refractivity contribution in [2.75, 3.05) is 19.0 Å². The number of thiazole rings is 1. The number of anilines is 2. The molecule has 1 aromatic carbocycles. The molecular weight excluding hydrogens is 472 g/mol. The van der Waals surface area contributed by atoms with Gasteiger partial charge in [0.1, 0.15) is 11.4 Å². The summed E-state index contributed by atoms with van der Waals surface area (Å²) >= 11 is 0.668. The van der Waals surface area contributed by atoms with Crippen LogP contribution < -0.4 is 14.8 Å². The topological polar surface area (TPSA) is 69.2 Å². The zero-order chi connectivity index (χ0) is 24.6. The number of halogens is 4. The van der Waals surface area contributed by atoms with Gasteiger partial charge in [-0.2, -0.15) is 17.6 Å². The summed E-state index contributed by atoms with van der Waals surface area (Å²) in [6, 6.07) is 3.77. The van der Waals surface area contributed by atoms with E-state index in [1.165, 1.54) is 31.6 Å². The van der Waals surface area contributed by atoms with Crippen LogP contribution in [0.4, 0.5) is 28.4 Å². The van der Waals surface area contributed by atoms with E-state index in [9.17, 15) is 17.6 Å². The number of hydrogen-bond donors (Lipinski definition) is 1. The van der Waals surface area contributed by atoms with E-state index in [1.54, 1.807) is 0 Å². The number of benzene rings is 1. The number of ether oxygens (including phenoxy) is 2. The Bertz CT molecular complexity index is 1060. The minimum atomic E-state index is -4.60. The predicted octanol–water partition coefficient (Wildman–Crippen LogP) is 7.25. The molecule has 0 aliphatic carbocycles. The highest BCUT2D eigenvalue weighted by molar-refractivity contribution is 7.14. The van der Waals surface area contributed by atoms with E-state index in [-0.39, 0.29) is 34.9 Å². The van der Waals surface area contributed by atoms with Gasteiger partial charge in [-0.15, -0.1) is 0 Å². The van der Waals surface area contributed by atoms with Gasteiger partial charge in [0.15, 0.2) is 5.13 Å². The lowest BCUT2D eigenvalue weighted by atomic mass is 10.1. The smallest absolute Gasteiger partial charge is 0.420 e. The lowest BCUT2D eigenvalue weighted by molar-refractivity contribution is -0.138. The second-order valence-electron chi connectivity index (χ2n) is 7.55. The van der Waals surface area contributed by atoms with E-state index in [0.29, 0.717) is 23.3 Å². The summed E-state index contributed by atoms with van der Waals surface area (Å²) in [5.41, 5.74) is -0.475. The van der Waals surface area contributed by atoms with Crippen LogP contribution in [0.2, 0.25) is 0 Å². The monoisotopic (exact) mass is 498 g/mol. The van der Waals surface area contributed by atoms with Crippen LogP contribution in [0.5, 0.6) is 11.8 Å². The Balaban J connectivity index is 1.69. The number of hydrogen-bond acceptors (Lipinski definition) is 7. The fourth-order valence-electron chi connectivity index (χ4n) is 3.22. The molecule has 11 heteroatoms. The number of unbranched alkanes of at least 4 members (excludes halogenated alkanes) is 5. The van der Waals surface area contributed by atoms with E-state index in [1.807, 2.05) is 0 Å². The Morgan fingerprint density at radius 2 is 1.74 bits per heavy atom. The Kier molecular flexibility index (Phi) is 9.03. The lowest BCUT2D eigenvalue weighted by Crippen LogP contribution is -2.10. The molecule has 0 amide bonds. The molecule has 0 radical (unpaired) electrons. The van der Waals surface area contributed by atoms with Gasteiger partial charge in [0.25, 0.3) is 0 Å². The predicted molar refractivity (Wildman–Crippen MR) is 123 cm³/mol. The van der Waals surface area contributed by atoms with Gasteiger partial charge in [-0.25, -0.2) is 15.0 Å². The van der Waals surface area contributed by atoms with Crippen LogP contribution >= 0.6 is 11.3 Å². The number of methoxy groups -OCH3 is 1. The first kappa shape index (κ1) is 25.7. The van der Waals surface area contributed by atoms with Crippen molar-refractivity contribution in [3.8, 4) is 23.0 Å². The van der Waals surface area contributed by atoms with Gasteiger partial charge in [0.2, 0.25) is 5.13 Å². The highest BCUT2D eigenvalue weighted by atomic mass is 32.1. The normalized spacial score (nSPS) is 11.5. The third kappa shape index (κ3) is 7.02. The van der Waals surface area contributed by atoms with Crippen LogP contribution in [-0.4, -0.2) is 28.7 Å². The van der Waals surface area contributed by atoms with Gasteiger partial charge in [0, 0.05) is 23.6 Å². The summed E-state index contributed by atoms with van der Waals surface area (Å²) < 4.78 is 65.6. The maximum atomic E-state index is 14.4. The molecule has 0 aliphatic rings. The van der Waals surface area contributed by atoms with Gasteiger partial charge in [0.05, 0.1) is 19.3 Å². The van der Waals surface area contributed by atoms with E-state index in [4.69, 9.17) is 9.47 Å². The largest absolute Gasteiger partial charge is 0.493 e. The number of nitrogens with zero attached hydrogens (tertiary/aromatic N) is 3. The fraction of sp³-hybridized carbons (Fsp3) is 0.435. The minimum absolute atomic E-state index is 0.00918. The third-order valence-corrected chi connectivity index (χ3v) is 5.72. The zero-order valence-corrected chi connectivity index (χ0v) is 19.7. The summed E-state index contributed by atoms with van der Waals surface area (Å²) in [6.07, 6.45) is 4.17. The van der Waals surface area contributed by atoms with Crippen molar-refractivity contribution in [3.63, 3.8) is 0 Å². The molecule has 3 aromatic rings. The molecule has 0 atom stereocenters. The van der Waals surface area contributed by atoms with Crippen molar-refractivity contribution in [1.29, 1.82) is 0 Å². The quantitative estimate of drug-likeness (QED) is 0.210. The van der Waals surface area contributed by atoms with Crippen LogP contribution in [0.3, 0.4) is 0 Å². The molecule has 0 aliphatic heterocycles. The van der Waals surface area contributed by atoms with Gasteiger partial charge < -0.3 is 14.8 Å². The SMILES string of the molecule is CCCCCCCCOc1ccc(Nc2nc(-c3cnc(OC)nc3)c(F)s2)cc1C(F)(F)F. The van der Waals surface area contributed by atoms with Crippen molar-refractivity contribution >= 4 is 22.2 Å². The summed E-state index contributed by atoms with van der Waals surface area (Å²) in [4.78, 5) is 12.0. The van der Waals surface area contributed by atoms with Crippen LogP contribution in [-0.2, 0) is 6.18 Å². The van der Waals surface area contributed by atoms with Crippen LogP contribution in [0, 0.1) is 5.13 Å². The molecule has 0 saturated heterocycles. The average molecular weight is 499 g/mol. The minimum Gasteiger partial charge on any atom is -0.493 e. The fourth-order valence-corrected chi connectivity index (χ4v) is 3.96. The molecule has 2 aromatic heterocycles. The first-order valence-corrected chi connectivity index (χ1v) is 11.8. The van der Waals surface area contributed by atoms with E-state index >= 15 is 0 Å². The molecule has 0 fully saturated rings. The summed E-state index contributed by atoms with van der Waals surface area (Å²) in [7, 11) is 1.40. The molecule has 1 N–H and O–H groups in total. The second kappa shape index (κ2) is 12.0. The molecule has 184 valence electrons. The third-order valence-electron chi connectivity index (χ3n) is 4.96. The van der Waals surface area contributed by atoms with Gasteiger partial charge in [-0.1, -0.05) is 50.4 Å². The lowest BCUT2D eigenvalue weighted by Gasteiger charge is -2.15. The summed E-state index contributed by atoms with van der Waals surface area (Å²) in [5, 5.41) is 2.21. The number of aromatic nitrogens is 3. The second-order valence-corrected chi connectivity index (χ2v) is 8.50. The molecule has 6 nitrogen and oxygen atoms in total.